The molecule has 3 rings (SSSR count). The first-order valence-corrected chi connectivity index (χ1v) is 7.22. The molecule has 0 radical (unpaired) electrons. The third-order valence-corrected chi connectivity index (χ3v) is 4.45. The van der Waals surface area contributed by atoms with Crippen LogP contribution in [0.2, 0.25) is 0 Å². The largest absolute Gasteiger partial charge is 0.437 e. The molecular formula is C14H17BrN2O. The zero-order chi connectivity index (χ0) is 12.8. The first kappa shape index (κ1) is 12.2. The molecule has 3 nitrogen and oxygen atoms in total. The molecule has 1 heterocycles. The van der Waals surface area contributed by atoms with Gasteiger partial charge in [-0.15, -0.1) is 0 Å². The molecular weight excluding hydrogens is 292 g/mol. The fraction of sp³-hybridized carbons (Fsp3) is 0.500. The van der Waals surface area contributed by atoms with Crippen LogP contribution in [0, 0.1) is 5.92 Å². The first-order valence-electron chi connectivity index (χ1n) is 6.43. The lowest BCUT2D eigenvalue weighted by Crippen LogP contribution is -2.41. The lowest BCUT2D eigenvalue weighted by molar-refractivity contribution is 0.201. The molecule has 4 heteroatoms. The highest BCUT2D eigenvalue weighted by molar-refractivity contribution is 9.10. The van der Waals surface area contributed by atoms with Crippen molar-refractivity contribution < 1.29 is 4.42 Å². The van der Waals surface area contributed by atoms with Crippen LogP contribution in [-0.4, -0.2) is 4.98 Å². The highest BCUT2D eigenvalue weighted by atomic mass is 79.9. The van der Waals surface area contributed by atoms with E-state index in [1.165, 1.54) is 6.42 Å². The molecule has 2 unspecified atom stereocenters. The maximum atomic E-state index is 6.51. The third-order valence-electron chi connectivity index (χ3n) is 3.83. The summed E-state index contributed by atoms with van der Waals surface area (Å²) in [5, 5.41) is 0. The Morgan fingerprint density at radius 2 is 2.33 bits per heavy atom. The van der Waals surface area contributed by atoms with Crippen LogP contribution in [0.3, 0.4) is 0 Å². The number of nitrogens with zero attached hydrogens (tertiary/aromatic N) is 1. The van der Waals surface area contributed by atoms with E-state index in [1.807, 2.05) is 18.2 Å². The van der Waals surface area contributed by atoms with Crippen LogP contribution in [0.25, 0.3) is 11.1 Å². The van der Waals surface area contributed by atoms with Crippen LogP contribution < -0.4 is 5.73 Å². The summed E-state index contributed by atoms with van der Waals surface area (Å²) >= 11 is 3.49. The minimum atomic E-state index is -0.393. The number of halogens is 1. The Balaban J connectivity index is 2.06. The van der Waals surface area contributed by atoms with Crippen LogP contribution in [0.5, 0.6) is 0 Å². The fourth-order valence-electron chi connectivity index (χ4n) is 2.91. The fourth-order valence-corrected chi connectivity index (χ4v) is 3.35. The Labute approximate surface area is 115 Å². The quantitative estimate of drug-likeness (QED) is 0.867. The first-order chi connectivity index (χ1) is 8.58. The molecule has 1 fully saturated rings. The molecule has 0 bridgehead atoms. The number of aromatic nitrogens is 1. The maximum absolute atomic E-state index is 6.51. The van der Waals surface area contributed by atoms with Crippen molar-refractivity contribution in [1.29, 1.82) is 0 Å². The van der Waals surface area contributed by atoms with Crippen LogP contribution in [0.4, 0.5) is 0 Å². The summed E-state index contributed by atoms with van der Waals surface area (Å²) in [6.45, 7) is 2.25. The van der Waals surface area contributed by atoms with Crippen molar-refractivity contribution in [3.63, 3.8) is 0 Å². The van der Waals surface area contributed by atoms with E-state index in [1.54, 1.807) is 0 Å². The van der Waals surface area contributed by atoms with Gasteiger partial charge in [0.1, 0.15) is 5.52 Å². The van der Waals surface area contributed by atoms with Gasteiger partial charge in [-0.05, 0) is 46.8 Å². The van der Waals surface area contributed by atoms with Gasteiger partial charge < -0.3 is 10.2 Å². The monoisotopic (exact) mass is 308 g/mol. The van der Waals surface area contributed by atoms with Gasteiger partial charge >= 0.3 is 0 Å². The van der Waals surface area contributed by atoms with E-state index in [2.05, 4.69) is 27.8 Å². The van der Waals surface area contributed by atoms with E-state index in [0.717, 1.165) is 34.8 Å². The van der Waals surface area contributed by atoms with Gasteiger partial charge in [0.2, 0.25) is 5.89 Å². The summed E-state index contributed by atoms with van der Waals surface area (Å²) in [4.78, 5) is 4.58. The Bertz CT molecular complexity index is 580. The number of nitrogens with two attached hydrogens (primary N) is 1. The molecule has 0 aliphatic heterocycles. The molecule has 1 aliphatic rings. The van der Waals surface area contributed by atoms with E-state index >= 15 is 0 Å². The summed E-state index contributed by atoms with van der Waals surface area (Å²) in [6.07, 6.45) is 4.32. The second-order valence-electron chi connectivity index (χ2n) is 5.46. The lowest BCUT2D eigenvalue weighted by atomic mass is 9.77. The SMILES string of the molecule is CC1CCCC(N)(c2nc3cccc(Br)c3o2)C1. The molecule has 1 aliphatic carbocycles. The standard InChI is InChI=1S/C14H17BrN2O/c1-9-4-3-7-14(16,8-9)13-17-11-6-2-5-10(15)12(11)18-13/h2,5-6,9H,3-4,7-8,16H2,1H3. The summed E-state index contributed by atoms with van der Waals surface area (Å²) in [6, 6.07) is 5.89. The summed E-state index contributed by atoms with van der Waals surface area (Å²) in [5.74, 6) is 1.33. The average molecular weight is 309 g/mol. The highest BCUT2D eigenvalue weighted by Gasteiger charge is 2.37. The number of oxazole rings is 1. The number of fused-ring (bicyclic) bond motifs is 1. The van der Waals surface area contributed by atoms with Gasteiger partial charge in [0.25, 0.3) is 0 Å². The number of benzene rings is 1. The second kappa shape index (κ2) is 4.35. The second-order valence-corrected chi connectivity index (χ2v) is 6.32. The van der Waals surface area contributed by atoms with E-state index < -0.39 is 5.54 Å². The van der Waals surface area contributed by atoms with Crippen molar-refractivity contribution >= 4 is 27.0 Å². The van der Waals surface area contributed by atoms with Crippen LogP contribution >= 0.6 is 15.9 Å². The van der Waals surface area contributed by atoms with Crippen molar-refractivity contribution in [2.45, 2.75) is 38.1 Å². The van der Waals surface area contributed by atoms with E-state index in [9.17, 15) is 0 Å². The Morgan fingerprint density at radius 3 is 3.06 bits per heavy atom. The maximum Gasteiger partial charge on any atom is 0.215 e. The molecule has 1 aromatic carbocycles. The zero-order valence-electron chi connectivity index (χ0n) is 10.4. The predicted molar refractivity (Wildman–Crippen MR) is 75.2 cm³/mol. The number of para-hydroxylation sites is 1. The zero-order valence-corrected chi connectivity index (χ0v) is 12.0. The molecule has 2 atom stereocenters. The van der Waals surface area contributed by atoms with Gasteiger partial charge in [0, 0.05) is 0 Å². The predicted octanol–water partition coefficient (Wildman–Crippen LogP) is 3.95. The molecule has 1 saturated carbocycles. The van der Waals surface area contributed by atoms with Crippen molar-refractivity contribution in [3.8, 4) is 0 Å². The van der Waals surface area contributed by atoms with Crippen molar-refractivity contribution in [2.75, 3.05) is 0 Å². The van der Waals surface area contributed by atoms with Gasteiger partial charge in [-0.2, -0.15) is 0 Å². The van der Waals surface area contributed by atoms with Gasteiger partial charge in [-0.25, -0.2) is 4.98 Å². The van der Waals surface area contributed by atoms with E-state index in [0.29, 0.717) is 11.8 Å². The minimum Gasteiger partial charge on any atom is -0.437 e. The molecule has 1 aromatic heterocycles. The molecule has 0 spiro atoms. The van der Waals surface area contributed by atoms with Crippen molar-refractivity contribution in [3.05, 3.63) is 28.6 Å². The molecule has 0 amide bonds. The topological polar surface area (TPSA) is 52.0 Å². The smallest absolute Gasteiger partial charge is 0.215 e. The molecule has 2 N–H and O–H groups in total. The van der Waals surface area contributed by atoms with Gasteiger partial charge in [-0.3, -0.25) is 0 Å². The number of hydrogen-bond donors (Lipinski definition) is 1. The molecule has 0 saturated heterocycles. The van der Waals surface area contributed by atoms with Gasteiger partial charge in [0.15, 0.2) is 5.58 Å². The Kier molecular flexibility index (Phi) is 2.94. The van der Waals surface area contributed by atoms with Crippen molar-refractivity contribution in [1.82, 2.24) is 4.98 Å². The minimum absolute atomic E-state index is 0.393. The number of hydrogen-bond acceptors (Lipinski definition) is 3. The van der Waals surface area contributed by atoms with Crippen molar-refractivity contribution in [2.24, 2.45) is 11.7 Å². The van der Waals surface area contributed by atoms with Crippen LogP contribution in [-0.2, 0) is 5.54 Å². The average Bonchev–Trinajstić information content (AvgIpc) is 2.75. The summed E-state index contributed by atoms with van der Waals surface area (Å²) in [5.41, 5.74) is 7.80. The lowest BCUT2D eigenvalue weighted by Gasteiger charge is -2.33. The molecule has 18 heavy (non-hydrogen) atoms. The van der Waals surface area contributed by atoms with Crippen LogP contribution in [0.15, 0.2) is 27.1 Å². The normalized spacial score (nSPS) is 28.7. The van der Waals surface area contributed by atoms with E-state index in [4.69, 9.17) is 10.2 Å². The van der Waals surface area contributed by atoms with Gasteiger partial charge in [0.05, 0.1) is 10.0 Å². The van der Waals surface area contributed by atoms with Gasteiger partial charge in [-0.1, -0.05) is 25.8 Å². The third kappa shape index (κ3) is 1.97. The highest BCUT2D eigenvalue weighted by Crippen LogP contribution is 2.39. The Morgan fingerprint density at radius 1 is 1.50 bits per heavy atom. The molecule has 96 valence electrons. The summed E-state index contributed by atoms with van der Waals surface area (Å²) in [7, 11) is 0. The molecule has 2 aromatic rings. The van der Waals surface area contributed by atoms with Crippen LogP contribution in [0.1, 0.15) is 38.5 Å². The van der Waals surface area contributed by atoms with E-state index in [-0.39, 0.29) is 0 Å². The number of rotatable bonds is 1. The summed E-state index contributed by atoms with van der Waals surface area (Å²) < 4.78 is 6.84. The Hall–Kier alpha value is -0.870.